The first-order chi connectivity index (χ1) is 5.66. The second-order valence-corrected chi connectivity index (χ2v) is 3.26. The van der Waals surface area contributed by atoms with Crippen LogP contribution in [0.1, 0.15) is 38.8 Å². The molecule has 0 aliphatic rings. The smallest absolute Gasteiger partial charge is 0.164 e. The quantitative estimate of drug-likeness (QED) is 0.681. The van der Waals surface area contributed by atoms with Crippen molar-refractivity contribution in [2.24, 2.45) is 0 Å². The molecule has 12 heavy (non-hydrogen) atoms. The number of nitrogens with zero attached hydrogens (tertiary/aromatic N) is 2. The Morgan fingerprint density at radius 2 is 2.25 bits per heavy atom. The minimum atomic E-state index is -0.182. The van der Waals surface area contributed by atoms with Crippen molar-refractivity contribution in [1.82, 2.24) is 9.78 Å². The molecule has 0 saturated carbocycles. The summed E-state index contributed by atoms with van der Waals surface area (Å²) >= 11 is 0. The normalized spacial score (nSPS) is 11.1. The number of rotatable bonds is 3. The van der Waals surface area contributed by atoms with Crippen molar-refractivity contribution in [2.45, 2.75) is 39.7 Å². The summed E-state index contributed by atoms with van der Waals surface area (Å²) in [4.78, 5) is 0. The lowest BCUT2D eigenvalue weighted by Crippen LogP contribution is -2.06. The van der Waals surface area contributed by atoms with Crippen LogP contribution in [0.3, 0.4) is 0 Å². The summed E-state index contributed by atoms with van der Waals surface area (Å²) in [6.07, 6.45) is 2.28. The SMILES string of the molecule is CCCn1ncc(F)c1C(C)C. The summed E-state index contributed by atoms with van der Waals surface area (Å²) in [6, 6.07) is 0. The van der Waals surface area contributed by atoms with Crippen molar-refractivity contribution in [3.63, 3.8) is 0 Å². The Bertz CT molecular complexity index is 253. The molecule has 68 valence electrons. The van der Waals surface area contributed by atoms with Crippen LogP contribution in [-0.2, 0) is 6.54 Å². The van der Waals surface area contributed by atoms with E-state index in [-0.39, 0.29) is 11.7 Å². The maximum Gasteiger partial charge on any atom is 0.164 e. The molecule has 0 bridgehead atoms. The molecule has 0 unspecified atom stereocenters. The van der Waals surface area contributed by atoms with Gasteiger partial charge in [-0.1, -0.05) is 20.8 Å². The molecule has 0 amide bonds. The Kier molecular flexibility index (Phi) is 2.84. The average molecular weight is 170 g/mol. The molecule has 1 heterocycles. The van der Waals surface area contributed by atoms with Crippen LogP contribution in [0.5, 0.6) is 0 Å². The summed E-state index contributed by atoms with van der Waals surface area (Å²) in [5.74, 6) is 0.0255. The van der Waals surface area contributed by atoms with Gasteiger partial charge in [-0.05, 0) is 12.3 Å². The van der Waals surface area contributed by atoms with Crippen LogP contribution in [-0.4, -0.2) is 9.78 Å². The molecule has 0 atom stereocenters. The first-order valence-electron chi connectivity index (χ1n) is 4.38. The first kappa shape index (κ1) is 9.23. The van der Waals surface area contributed by atoms with Crippen molar-refractivity contribution in [1.29, 1.82) is 0 Å². The van der Waals surface area contributed by atoms with E-state index in [1.807, 2.05) is 13.8 Å². The van der Waals surface area contributed by atoms with E-state index in [4.69, 9.17) is 0 Å². The average Bonchev–Trinajstić information content (AvgIpc) is 2.32. The van der Waals surface area contributed by atoms with Gasteiger partial charge in [0, 0.05) is 6.54 Å². The maximum absolute atomic E-state index is 13.1. The van der Waals surface area contributed by atoms with Crippen LogP contribution in [0, 0.1) is 5.82 Å². The molecule has 0 aliphatic carbocycles. The third-order valence-electron chi connectivity index (χ3n) is 1.82. The number of hydrogen-bond donors (Lipinski definition) is 0. The predicted molar refractivity (Wildman–Crippen MR) is 46.6 cm³/mol. The summed E-state index contributed by atoms with van der Waals surface area (Å²) in [6.45, 7) is 6.82. The number of aryl methyl sites for hydroxylation is 1. The molecule has 3 heteroatoms. The zero-order chi connectivity index (χ0) is 9.14. The van der Waals surface area contributed by atoms with E-state index in [0.29, 0.717) is 0 Å². The Morgan fingerprint density at radius 3 is 2.75 bits per heavy atom. The fraction of sp³-hybridized carbons (Fsp3) is 0.667. The zero-order valence-electron chi connectivity index (χ0n) is 7.84. The van der Waals surface area contributed by atoms with Crippen molar-refractivity contribution < 1.29 is 4.39 Å². The molecule has 1 aromatic rings. The number of hydrogen-bond acceptors (Lipinski definition) is 1. The van der Waals surface area contributed by atoms with Gasteiger partial charge in [0.1, 0.15) is 0 Å². The summed E-state index contributed by atoms with van der Waals surface area (Å²) in [5.41, 5.74) is 0.719. The van der Waals surface area contributed by atoms with Crippen molar-refractivity contribution in [3.05, 3.63) is 17.7 Å². The molecule has 0 fully saturated rings. The van der Waals surface area contributed by atoms with Crippen LogP contribution in [0.15, 0.2) is 6.20 Å². The van der Waals surface area contributed by atoms with Gasteiger partial charge in [-0.2, -0.15) is 5.10 Å². The molecule has 2 nitrogen and oxygen atoms in total. The van der Waals surface area contributed by atoms with Crippen LogP contribution in [0.4, 0.5) is 4.39 Å². The van der Waals surface area contributed by atoms with E-state index in [0.717, 1.165) is 18.7 Å². The van der Waals surface area contributed by atoms with Crippen molar-refractivity contribution >= 4 is 0 Å². The van der Waals surface area contributed by atoms with Crippen LogP contribution in [0.25, 0.3) is 0 Å². The minimum absolute atomic E-state index is 0.182. The van der Waals surface area contributed by atoms with Gasteiger partial charge in [0.15, 0.2) is 5.82 Å². The summed E-state index contributed by atoms with van der Waals surface area (Å²) in [5, 5.41) is 3.97. The highest BCUT2D eigenvalue weighted by Gasteiger charge is 2.12. The second kappa shape index (κ2) is 3.70. The van der Waals surface area contributed by atoms with Gasteiger partial charge in [0.2, 0.25) is 0 Å². The second-order valence-electron chi connectivity index (χ2n) is 3.26. The van der Waals surface area contributed by atoms with Gasteiger partial charge >= 0.3 is 0 Å². The molecule has 0 saturated heterocycles. The maximum atomic E-state index is 13.1. The Labute approximate surface area is 72.4 Å². The highest BCUT2D eigenvalue weighted by molar-refractivity contribution is 5.08. The lowest BCUT2D eigenvalue weighted by molar-refractivity contribution is 0.530. The Hall–Kier alpha value is -0.860. The van der Waals surface area contributed by atoms with Gasteiger partial charge in [-0.15, -0.1) is 0 Å². The lowest BCUT2D eigenvalue weighted by Gasteiger charge is -2.08. The number of aromatic nitrogens is 2. The molecule has 0 radical (unpaired) electrons. The molecule has 0 spiro atoms. The largest absolute Gasteiger partial charge is 0.266 e. The molecule has 0 aliphatic heterocycles. The van der Waals surface area contributed by atoms with Gasteiger partial charge < -0.3 is 0 Å². The molecular weight excluding hydrogens is 155 g/mol. The minimum Gasteiger partial charge on any atom is -0.266 e. The van der Waals surface area contributed by atoms with Crippen LogP contribution in [0.2, 0.25) is 0 Å². The Morgan fingerprint density at radius 1 is 1.58 bits per heavy atom. The number of halogens is 1. The molecule has 1 aromatic heterocycles. The third-order valence-corrected chi connectivity index (χ3v) is 1.82. The van der Waals surface area contributed by atoms with E-state index in [2.05, 4.69) is 12.0 Å². The first-order valence-corrected chi connectivity index (χ1v) is 4.38. The van der Waals surface area contributed by atoms with Crippen LogP contribution < -0.4 is 0 Å². The van der Waals surface area contributed by atoms with Crippen molar-refractivity contribution in [3.8, 4) is 0 Å². The van der Waals surface area contributed by atoms with E-state index in [1.54, 1.807) is 4.68 Å². The molecular formula is C9H15FN2. The highest BCUT2D eigenvalue weighted by Crippen LogP contribution is 2.17. The van der Waals surface area contributed by atoms with Gasteiger partial charge in [0.05, 0.1) is 11.9 Å². The van der Waals surface area contributed by atoms with Gasteiger partial charge in [-0.3, -0.25) is 4.68 Å². The lowest BCUT2D eigenvalue weighted by atomic mass is 10.1. The van der Waals surface area contributed by atoms with E-state index in [9.17, 15) is 4.39 Å². The van der Waals surface area contributed by atoms with E-state index >= 15 is 0 Å². The van der Waals surface area contributed by atoms with Crippen molar-refractivity contribution in [2.75, 3.05) is 0 Å². The van der Waals surface area contributed by atoms with Crippen LogP contribution >= 0.6 is 0 Å². The Balaban J connectivity index is 2.95. The third kappa shape index (κ3) is 1.65. The summed E-state index contributed by atoms with van der Waals surface area (Å²) in [7, 11) is 0. The van der Waals surface area contributed by atoms with Gasteiger partial charge in [0.25, 0.3) is 0 Å². The van der Waals surface area contributed by atoms with E-state index < -0.39 is 0 Å². The topological polar surface area (TPSA) is 17.8 Å². The zero-order valence-corrected chi connectivity index (χ0v) is 7.84. The highest BCUT2D eigenvalue weighted by atomic mass is 19.1. The van der Waals surface area contributed by atoms with E-state index in [1.165, 1.54) is 6.20 Å². The monoisotopic (exact) mass is 170 g/mol. The fourth-order valence-corrected chi connectivity index (χ4v) is 1.34. The fourth-order valence-electron chi connectivity index (χ4n) is 1.34. The standard InChI is InChI=1S/C9H15FN2/c1-4-5-12-9(7(2)3)8(10)6-11-12/h6-7H,4-5H2,1-3H3. The van der Waals surface area contributed by atoms with Gasteiger partial charge in [-0.25, -0.2) is 4.39 Å². The molecule has 0 aromatic carbocycles. The molecule has 1 rings (SSSR count). The summed E-state index contributed by atoms with van der Waals surface area (Å²) < 4.78 is 14.9. The molecule has 0 N–H and O–H groups in total. The predicted octanol–water partition coefficient (Wildman–Crippen LogP) is 2.56.